The highest BCUT2D eigenvalue weighted by molar-refractivity contribution is 5.98. The molecule has 0 aliphatic heterocycles. The lowest BCUT2D eigenvalue weighted by molar-refractivity contribution is -0.122. The lowest BCUT2D eigenvalue weighted by Gasteiger charge is -2.21. The molecule has 0 spiro atoms. The fourth-order valence-electron chi connectivity index (χ4n) is 4.13. The van der Waals surface area contributed by atoms with Gasteiger partial charge >= 0.3 is 0 Å². The van der Waals surface area contributed by atoms with Crippen LogP contribution in [0.4, 0.5) is 0 Å². The van der Waals surface area contributed by atoms with Crippen LogP contribution in [-0.4, -0.2) is 32.5 Å². The Bertz CT molecular complexity index is 1440. The Balaban J connectivity index is 1.54. The van der Waals surface area contributed by atoms with E-state index >= 15 is 0 Å². The normalized spacial score (nSPS) is 12.4. The molecular formula is C29H30N4O4. The summed E-state index contributed by atoms with van der Waals surface area (Å²) >= 11 is 0. The maximum atomic E-state index is 13.3. The van der Waals surface area contributed by atoms with Crippen molar-refractivity contribution in [3.8, 4) is 11.3 Å². The maximum Gasteiger partial charge on any atom is 0.286 e. The molecule has 8 nitrogen and oxygen atoms in total. The van der Waals surface area contributed by atoms with Crippen LogP contribution >= 0.6 is 0 Å². The van der Waals surface area contributed by atoms with Crippen molar-refractivity contribution in [2.24, 2.45) is 5.92 Å². The zero-order valence-corrected chi connectivity index (χ0v) is 21.3. The molecule has 1 atom stereocenters. The topological polar surface area (TPSA) is 107 Å². The third-order valence-corrected chi connectivity index (χ3v) is 6.35. The predicted octanol–water partition coefficient (Wildman–Crippen LogP) is 4.25. The van der Waals surface area contributed by atoms with Gasteiger partial charge in [0.15, 0.2) is 0 Å². The van der Waals surface area contributed by atoms with Crippen LogP contribution in [0.15, 0.2) is 88.1 Å². The minimum atomic E-state index is -0.903. The molecule has 0 bridgehead atoms. The number of Topliss-reactive ketones (excluding diaryl/α,β-unsaturated/α-hetero) is 1. The fourth-order valence-corrected chi connectivity index (χ4v) is 4.13. The second kappa shape index (κ2) is 10.7. The Morgan fingerprint density at radius 3 is 2.22 bits per heavy atom. The number of nitrogens with one attached hydrogen (secondary N) is 1. The molecule has 2 aromatic heterocycles. The minimum Gasteiger partial charge on any atom is -0.417 e. The van der Waals surface area contributed by atoms with Gasteiger partial charge in [-0.1, -0.05) is 80.6 Å². The average Bonchev–Trinajstić information content (AvgIpc) is 3.40. The summed E-state index contributed by atoms with van der Waals surface area (Å²) in [6.45, 7) is 7.27. The molecule has 0 unspecified atom stereocenters. The Morgan fingerprint density at radius 1 is 0.919 bits per heavy atom. The van der Waals surface area contributed by atoms with E-state index in [2.05, 4.69) is 15.5 Å². The highest BCUT2D eigenvalue weighted by Crippen LogP contribution is 2.30. The number of carbonyl (C=O) groups is 2. The van der Waals surface area contributed by atoms with Crippen molar-refractivity contribution >= 4 is 11.7 Å². The number of aromatic nitrogens is 3. The molecule has 2 aromatic carbocycles. The van der Waals surface area contributed by atoms with E-state index in [4.69, 9.17) is 4.42 Å². The summed E-state index contributed by atoms with van der Waals surface area (Å²) in [6, 6.07) is 23.0. The van der Waals surface area contributed by atoms with Crippen LogP contribution in [0.1, 0.15) is 49.8 Å². The number of amides is 1. The number of hydrogen-bond donors (Lipinski definition) is 1. The highest BCUT2D eigenvalue weighted by atomic mass is 16.4. The van der Waals surface area contributed by atoms with E-state index in [0.29, 0.717) is 11.6 Å². The van der Waals surface area contributed by atoms with Gasteiger partial charge in [0.2, 0.25) is 17.6 Å². The Hall–Kier alpha value is -4.33. The predicted molar refractivity (Wildman–Crippen MR) is 140 cm³/mol. The van der Waals surface area contributed by atoms with Crippen molar-refractivity contribution in [2.75, 3.05) is 0 Å². The Kier molecular flexibility index (Phi) is 7.47. The van der Waals surface area contributed by atoms with Crippen molar-refractivity contribution in [3.05, 3.63) is 107 Å². The minimum absolute atomic E-state index is 0.167. The van der Waals surface area contributed by atoms with Gasteiger partial charge in [-0.05, 0) is 37.0 Å². The second-order valence-electron chi connectivity index (χ2n) is 9.76. The van der Waals surface area contributed by atoms with Gasteiger partial charge in [-0.2, -0.15) is 0 Å². The van der Waals surface area contributed by atoms with E-state index in [1.165, 1.54) is 10.6 Å². The van der Waals surface area contributed by atoms with Gasteiger partial charge in [0.05, 0.1) is 17.2 Å². The van der Waals surface area contributed by atoms with Gasteiger partial charge in [-0.25, -0.2) is 0 Å². The van der Waals surface area contributed by atoms with Crippen LogP contribution in [0.25, 0.3) is 11.3 Å². The number of hydrogen-bond acceptors (Lipinski definition) is 6. The van der Waals surface area contributed by atoms with Gasteiger partial charge in [-0.3, -0.25) is 19.0 Å². The summed E-state index contributed by atoms with van der Waals surface area (Å²) in [5, 5.41) is 10.9. The molecule has 190 valence electrons. The first-order valence-corrected chi connectivity index (χ1v) is 12.2. The molecule has 0 aliphatic rings. The highest BCUT2D eigenvalue weighted by Gasteiger charge is 2.34. The second-order valence-corrected chi connectivity index (χ2v) is 9.76. The van der Waals surface area contributed by atoms with E-state index < -0.39 is 23.1 Å². The molecule has 37 heavy (non-hydrogen) atoms. The number of nitrogens with zero attached hydrogens (tertiary/aromatic N) is 3. The number of rotatable bonds is 9. The smallest absolute Gasteiger partial charge is 0.286 e. The molecule has 4 aromatic rings. The molecule has 1 amide bonds. The molecule has 8 heteroatoms. The lowest BCUT2D eigenvalue weighted by Crippen LogP contribution is -2.46. The summed E-state index contributed by atoms with van der Waals surface area (Å²) in [4.78, 5) is 39.0. The van der Waals surface area contributed by atoms with Crippen LogP contribution in [-0.2, 0) is 16.8 Å². The molecule has 4 rings (SSSR count). The zero-order chi connectivity index (χ0) is 26.6. The van der Waals surface area contributed by atoms with Crippen molar-refractivity contribution in [1.82, 2.24) is 20.1 Å². The van der Waals surface area contributed by atoms with Crippen LogP contribution in [0.5, 0.6) is 0 Å². The third-order valence-electron chi connectivity index (χ3n) is 6.35. The van der Waals surface area contributed by atoms with Gasteiger partial charge in [0, 0.05) is 6.07 Å². The number of carbonyl (C=O) groups excluding carboxylic acids is 2. The van der Waals surface area contributed by atoms with E-state index in [1.807, 2.05) is 88.4 Å². The molecule has 0 saturated carbocycles. The van der Waals surface area contributed by atoms with Gasteiger partial charge in [0.25, 0.3) is 11.4 Å². The van der Waals surface area contributed by atoms with Crippen molar-refractivity contribution in [3.63, 3.8) is 0 Å². The number of benzene rings is 2. The molecule has 2 heterocycles. The van der Waals surface area contributed by atoms with Gasteiger partial charge in [0.1, 0.15) is 6.54 Å². The average molecular weight is 499 g/mol. The largest absolute Gasteiger partial charge is 0.417 e. The van der Waals surface area contributed by atoms with Crippen molar-refractivity contribution < 1.29 is 14.0 Å². The molecule has 0 aliphatic carbocycles. The first-order valence-electron chi connectivity index (χ1n) is 12.2. The van der Waals surface area contributed by atoms with E-state index in [9.17, 15) is 14.4 Å². The van der Waals surface area contributed by atoms with E-state index in [0.717, 1.165) is 11.1 Å². The molecule has 0 fully saturated rings. The van der Waals surface area contributed by atoms with E-state index in [1.54, 1.807) is 12.1 Å². The SMILES string of the molecule is CC(C)[C@H](NC(=O)Cn1c(-c2ccccc2)cccc1=O)C(=O)c1nnc(C(C)(C)c2ccccc2)o1. The first kappa shape index (κ1) is 25.8. The summed E-state index contributed by atoms with van der Waals surface area (Å²) < 4.78 is 7.20. The summed E-state index contributed by atoms with van der Waals surface area (Å²) in [5.74, 6) is -1.06. The van der Waals surface area contributed by atoms with Crippen molar-refractivity contribution in [2.45, 2.75) is 45.7 Å². The van der Waals surface area contributed by atoms with Gasteiger partial charge < -0.3 is 9.73 Å². The quantitative estimate of drug-likeness (QED) is 0.346. The summed E-state index contributed by atoms with van der Waals surface area (Å²) in [6.07, 6.45) is 0. The van der Waals surface area contributed by atoms with Crippen LogP contribution in [0, 0.1) is 5.92 Å². The summed E-state index contributed by atoms with van der Waals surface area (Å²) in [5.41, 5.74) is 1.47. The molecule has 0 radical (unpaired) electrons. The Labute approximate surface area is 215 Å². The molecule has 1 N–H and O–H groups in total. The molecule has 0 saturated heterocycles. The van der Waals surface area contributed by atoms with Crippen LogP contribution in [0.3, 0.4) is 0 Å². The van der Waals surface area contributed by atoms with Crippen molar-refractivity contribution in [1.29, 1.82) is 0 Å². The standard InChI is InChI=1S/C29H30N4O4/c1-19(2)25(26(36)27-31-32-28(37-27)29(3,4)21-14-9-6-10-15-21)30-23(34)18-33-22(16-11-17-24(33)35)20-12-7-5-8-13-20/h5-17,19,25H,18H2,1-4H3,(H,30,34)/t25-/m0/s1. The third kappa shape index (κ3) is 5.58. The fraction of sp³-hybridized carbons (Fsp3) is 0.276. The van der Waals surface area contributed by atoms with E-state index in [-0.39, 0.29) is 23.9 Å². The number of pyridine rings is 1. The van der Waals surface area contributed by atoms with Crippen LogP contribution in [0.2, 0.25) is 0 Å². The number of ketones is 1. The Morgan fingerprint density at radius 2 is 1.57 bits per heavy atom. The first-order chi connectivity index (χ1) is 17.7. The monoisotopic (exact) mass is 498 g/mol. The molecular weight excluding hydrogens is 468 g/mol. The maximum absolute atomic E-state index is 13.3. The summed E-state index contributed by atoms with van der Waals surface area (Å²) in [7, 11) is 0. The lowest BCUT2D eigenvalue weighted by atomic mass is 9.85. The zero-order valence-electron chi connectivity index (χ0n) is 21.3. The van der Waals surface area contributed by atoms with Crippen LogP contribution < -0.4 is 10.9 Å². The van der Waals surface area contributed by atoms with Gasteiger partial charge in [-0.15, -0.1) is 10.2 Å².